The van der Waals surface area contributed by atoms with Crippen LogP contribution in [0.15, 0.2) is 33.3 Å². The van der Waals surface area contributed by atoms with Crippen LogP contribution in [0.1, 0.15) is 10.6 Å². The Morgan fingerprint density at radius 2 is 2.19 bits per heavy atom. The number of halogens is 2. The molecule has 1 N–H and O–H groups in total. The lowest BCUT2D eigenvalue weighted by atomic mass is 10.1. The molecule has 0 aliphatic rings. The average Bonchev–Trinajstić information content (AvgIpc) is 2.71. The van der Waals surface area contributed by atoms with Gasteiger partial charge in [0.1, 0.15) is 5.69 Å². The third-order valence-electron chi connectivity index (χ3n) is 1.94. The summed E-state index contributed by atoms with van der Waals surface area (Å²) in [6, 6.07) is 6.52. The van der Waals surface area contributed by atoms with E-state index >= 15 is 0 Å². The van der Waals surface area contributed by atoms with Crippen LogP contribution >= 0.6 is 27.5 Å². The number of hydrogen-bond acceptors (Lipinski definition) is 3. The molecule has 0 bridgehead atoms. The van der Waals surface area contributed by atoms with Gasteiger partial charge in [-0.2, -0.15) is 0 Å². The smallest absolute Gasteiger partial charge is 0.374 e. The monoisotopic (exact) mass is 301 g/mol. The van der Waals surface area contributed by atoms with Gasteiger partial charge >= 0.3 is 5.97 Å². The Morgan fingerprint density at radius 3 is 2.75 bits per heavy atom. The van der Waals surface area contributed by atoms with E-state index in [1.807, 2.05) is 0 Å². The van der Waals surface area contributed by atoms with Gasteiger partial charge in [0, 0.05) is 16.1 Å². The summed E-state index contributed by atoms with van der Waals surface area (Å²) >= 11 is 9.11. The van der Waals surface area contributed by atoms with Crippen molar-refractivity contribution in [2.24, 2.45) is 0 Å². The molecule has 0 unspecified atom stereocenters. The molecule has 0 saturated carbocycles. The molecule has 0 aliphatic heterocycles. The first-order chi connectivity index (χ1) is 7.58. The standard InChI is InChI=1S/C10H5BrClNO3/c11-6-3-5(1-2-7(6)12)8-4-9(10(14)15)16-13-8/h1-4H,(H,14,15). The minimum absolute atomic E-state index is 0.193. The molecular weight excluding hydrogens is 297 g/mol. The lowest BCUT2D eigenvalue weighted by molar-refractivity contribution is 0.0652. The second kappa shape index (κ2) is 4.27. The third-order valence-corrected chi connectivity index (χ3v) is 3.15. The van der Waals surface area contributed by atoms with E-state index in [4.69, 9.17) is 16.7 Å². The van der Waals surface area contributed by atoms with Crippen LogP contribution in [0.5, 0.6) is 0 Å². The van der Waals surface area contributed by atoms with Gasteiger partial charge in [-0.3, -0.25) is 0 Å². The van der Waals surface area contributed by atoms with Crippen molar-refractivity contribution in [3.05, 3.63) is 39.5 Å². The Kier molecular flexibility index (Phi) is 2.98. The number of carboxylic acids is 1. The summed E-state index contributed by atoms with van der Waals surface area (Å²) in [5.74, 6) is -1.34. The predicted octanol–water partition coefficient (Wildman–Crippen LogP) is 3.46. The maximum absolute atomic E-state index is 10.6. The van der Waals surface area contributed by atoms with E-state index in [9.17, 15) is 4.79 Å². The summed E-state index contributed by atoms with van der Waals surface area (Å²) in [6.07, 6.45) is 0. The Morgan fingerprint density at radius 1 is 1.44 bits per heavy atom. The van der Waals surface area contributed by atoms with Gasteiger partial charge in [0.25, 0.3) is 0 Å². The molecule has 82 valence electrons. The predicted molar refractivity (Wildman–Crippen MR) is 61.6 cm³/mol. The zero-order valence-electron chi connectivity index (χ0n) is 7.78. The van der Waals surface area contributed by atoms with Crippen molar-refractivity contribution < 1.29 is 14.4 Å². The molecule has 1 heterocycles. The molecule has 2 rings (SSSR count). The van der Waals surface area contributed by atoms with Crippen LogP contribution in [0.2, 0.25) is 5.02 Å². The fraction of sp³-hybridized carbons (Fsp3) is 0. The van der Waals surface area contributed by atoms with Crippen LogP contribution in [-0.2, 0) is 0 Å². The van der Waals surface area contributed by atoms with Gasteiger partial charge < -0.3 is 9.63 Å². The highest BCUT2D eigenvalue weighted by Gasteiger charge is 2.12. The van der Waals surface area contributed by atoms with Gasteiger partial charge in [-0.05, 0) is 28.1 Å². The molecule has 4 nitrogen and oxygen atoms in total. The van der Waals surface area contributed by atoms with E-state index in [2.05, 4.69) is 25.6 Å². The van der Waals surface area contributed by atoms with E-state index in [-0.39, 0.29) is 5.76 Å². The third kappa shape index (κ3) is 2.10. The summed E-state index contributed by atoms with van der Waals surface area (Å²) < 4.78 is 5.37. The van der Waals surface area contributed by atoms with Gasteiger partial charge in [0.2, 0.25) is 5.76 Å². The van der Waals surface area contributed by atoms with Crippen molar-refractivity contribution in [1.29, 1.82) is 0 Å². The van der Waals surface area contributed by atoms with Gasteiger partial charge in [-0.15, -0.1) is 0 Å². The highest BCUT2D eigenvalue weighted by atomic mass is 79.9. The Labute approximate surface area is 104 Å². The van der Waals surface area contributed by atoms with E-state index in [0.29, 0.717) is 15.2 Å². The maximum atomic E-state index is 10.6. The number of rotatable bonds is 2. The summed E-state index contributed by atoms with van der Waals surface area (Å²) in [5.41, 5.74) is 1.18. The molecule has 0 fully saturated rings. The first kappa shape index (κ1) is 11.2. The minimum atomic E-state index is -1.15. The second-order valence-electron chi connectivity index (χ2n) is 3.01. The molecule has 2 aromatic rings. The lowest BCUT2D eigenvalue weighted by Crippen LogP contribution is -1.91. The molecule has 0 amide bonds. The van der Waals surface area contributed by atoms with Crippen LogP contribution in [0.25, 0.3) is 11.3 Å². The van der Waals surface area contributed by atoms with Gasteiger partial charge in [-0.1, -0.05) is 22.8 Å². The molecule has 0 aliphatic carbocycles. The highest BCUT2D eigenvalue weighted by Crippen LogP contribution is 2.28. The van der Waals surface area contributed by atoms with Gasteiger partial charge in [0.15, 0.2) is 0 Å². The van der Waals surface area contributed by atoms with Crippen LogP contribution in [0.4, 0.5) is 0 Å². The molecule has 0 radical (unpaired) electrons. The summed E-state index contributed by atoms with van der Waals surface area (Å²) in [4.78, 5) is 10.6. The van der Waals surface area contributed by atoms with Crippen molar-refractivity contribution >= 4 is 33.5 Å². The first-order valence-corrected chi connectivity index (χ1v) is 5.40. The van der Waals surface area contributed by atoms with Crippen molar-refractivity contribution in [2.45, 2.75) is 0 Å². The van der Waals surface area contributed by atoms with E-state index in [0.717, 1.165) is 5.56 Å². The Bertz CT molecular complexity index is 553. The minimum Gasteiger partial charge on any atom is -0.475 e. The Hall–Kier alpha value is -1.33. The summed E-state index contributed by atoms with van der Waals surface area (Å²) in [5, 5.41) is 12.9. The number of hydrogen-bond donors (Lipinski definition) is 1. The van der Waals surface area contributed by atoms with Crippen LogP contribution in [0, 0.1) is 0 Å². The number of carbonyl (C=O) groups is 1. The quantitative estimate of drug-likeness (QED) is 0.923. The normalized spacial score (nSPS) is 10.4. The van der Waals surface area contributed by atoms with Crippen LogP contribution in [-0.4, -0.2) is 16.2 Å². The van der Waals surface area contributed by atoms with Crippen molar-refractivity contribution in [1.82, 2.24) is 5.16 Å². The topological polar surface area (TPSA) is 63.3 Å². The lowest BCUT2D eigenvalue weighted by Gasteiger charge is -1.98. The largest absolute Gasteiger partial charge is 0.475 e. The molecule has 0 atom stereocenters. The maximum Gasteiger partial charge on any atom is 0.374 e. The van der Waals surface area contributed by atoms with E-state index in [1.165, 1.54) is 6.07 Å². The van der Waals surface area contributed by atoms with Crippen LogP contribution < -0.4 is 0 Å². The zero-order chi connectivity index (χ0) is 11.7. The van der Waals surface area contributed by atoms with Crippen molar-refractivity contribution in [3.8, 4) is 11.3 Å². The first-order valence-electron chi connectivity index (χ1n) is 4.23. The summed E-state index contributed by atoms with van der Waals surface area (Å²) in [6.45, 7) is 0. The SMILES string of the molecule is O=C(O)c1cc(-c2ccc(Cl)c(Br)c2)no1. The molecule has 6 heteroatoms. The van der Waals surface area contributed by atoms with Gasteiger partial charge in [0.05, 0.1) is 5.02 Å². The molecule has 16 heavy (non-hydrogen) atoms. The van der Waals surface area contributed by atoms with E-state index < -0.39 is 5.97 Å². The molecule has 1 aromatic heterocycles. The van der Waals surface area contributed by atoms with Crippen LogP contribution in [0.3, 0.4) is 0 Å². The van der Waals surface area contributed by atoms with Crippen molar-refractivity contribution in [3.63, 3.8) is 0 Å². The molecule has 0 saturated heterocycles. The molecule has 1 aromatic carbocycles. The molecule has 0 spiro atoms. The fourth-order valence-electron chi connectivity index (χ4n) is 1.17. The van der Waals surface area contributed by atoms with Crippen molar-refractivity contribution in [2.75, 3.05) is 0 Å². The zero-order valence-corrected chi connectivity index (χ0v) is 10.1. The number of aromatic carboxylic acids is 1. The highest BCUT2D eigenvalue weighted by molar-refractivity contribution is 9.10. The average molecular weight is 303 g/mol. The fourth-order valence-corrected chi connectivity index (χ4v) is 1.66. The Balaban J connectivity index is 2.42. The number of benzene rings is 1. The van der Waals surface area contributed by atoms with E-state index in [1.54, 1.807) is 18.2 Å². The number of nitrogens with zero attached hydrogens (tertiary/aromatic N) is 1. The van der Waals surface area contributed by atoms with Gasteiger partial charge in [-0.25, -0.2) is 4.79 Å². The number of carboxylic acid groups (broad SMARTS) is 1. The summed E-state index contributed by atoms with van der Waals surface area (Å²) in [7, 11) is 0. The number of aromatic nitrogens is 1. The molecular formula is C10H5BrClNO3. The second-order valence-corrected chi connectivity index (χ2v) is 4.27.